The smallest absolute Gasteiger partial charge is 0.217 e. The number of hydrogen-bond donors (Lipinski definition) is 5. The number of ether oxygens (including phenoxy) is 2. The third kappa shape index (κ3) is 6.95. The molecule has 5 rings (SSSR count). The van der Waals surface area contributed by atoms with Crippen molar-refractivity contribution in [3.05, 3.63) is 11.6 Å². The van der Waals surface area contributed by atoms with Gasteiger partial charge in [-0.15, -0.1) is 11.8 Å². The molecule has 0 bridgehead atoms. The Hall–Kier alpha value is -0.680. The van der Waals surface area contributed by atoms with Crippen molar-refractivity contribution < 1.29 is 34.7 Å². The van der Waals surface area contributed by atoms with Crippen LogP contribution in [-0.2, 0) is 14.3 Å². The molecular formula is C35H59NO7S. The minimum atomic E-state index is -1.30. The summed E-state index contributed by atoms with van der Waals surface area (Å²) in [6, 6.07) is 0.257. The molecule has 1 saturated heterocycles. The predicted octanol–water partition coefficient (Wildman–Crippen LogP) is 4.57. The number of hydrogen-bond acceptors (Lipinski definition) is 8. The van der Waals surface area contributed by atoms with E-state index < -0.39 is 29.9 Å². The maximum atomic E-state index is 11.8. The first-order valence-electron chi connectivity index (χ1n) is 17.5. The Kier molecular flexibility index (Phi) is 11.5. The van der Waals surface area contributed by atoms with Gasteiger partial charge in [0, 0.05) is 19.6 Å². The Morgan fingerprint density at radius 3 is 2.57 bits per heavy atom. The van der Waals surface area contributed by atoms with E-state index in [4.69, 9.17) is 9.47 Å². The fourth-order valence-electron chi connectivity index (χ4n) is 10.3. The first kappa shape index (κ1) is 34.6. The number of amides is 1. The van der Waals surface area contributed by atoms with Crippen molar-refractivity contribution in [2.24, 2.45) is 34.5 Å². The van der Waals surface area contributed by atoms with Crippen LogP contribution in [0.15, 0.2) is 11.6 Å². The zero-order chi connectivity index (χ0) is 31.6. The molecule has 0 aromatic heterocycles. The predicted molar refractivity (Wildman–Crippen MR) is 173 cm³/mol. The second kappa shape index (κ2) is 14.6. The molecule has 5 N–H and O–H groups in total. The minimum Gasteiger partial charge on any atom is -0.394 e. The second-order valence-corrected chi connectivity index (χ2v) is 16.4. The summed E-state index contributed by atoms with van der Waals surface area (Å²) in [6.07, 6.45) is 12.3. The molecule has 9 heteroatoms. The summed E-state index contributed by atoms with van der Waals surface area (Å²) in [4.78, 5) is 11.8. The van der Waals surface area contributed by atoms with Crippen LogP contribution in [0.5, 0.6) is 0 Å². The molecule has 8 nitrogen and oxygen atoms in total. The molecule has 3 saturated carbocycles. The van der Waals surface area contributed by atoms with Gasteiger partial charge >= 0.3 is 0 Å². The number of rotatable bonds is 12. The van der Waals surface area contributed by atoms with Crippen molar-refractivity contribution in [1.82, 2.24) is 5.32 Å². The average Bonchev–Trinajstić information content (AvgIpc) is 3.35. The zero-order valence-corrected chi connectivity index (χ0v) is 28.3. The van der Waals surface area contributed by atoms with Gasteiger partial charge in [-0.25, -0.2) is 0 Å². The summed E-state index contributed by atoms with van der Waals surface area (Å²) >= 11 is 1.44. The molecule has 252 valence electrons. The highest BCUT2D eigenvalue weighted by atomic mass is 32.2. The highest BCUT2D eigenvalue weighted by Gasteiger charge is 2.59. The number of carbonyl (C=O) groups excluding carboxylic acids is 1. The molecule has 0 aromatic rings. The van der Waals surface area contributed by atoms with Crippen LogP contribution in [0.1, 0.15) is 105 Å². The summed E-state index contributed by atoms with van der Waals surface area (Å²) in [5.41, 5.74) is 1.67. The van der Waals surface area contributed by atoms with E-state index in [1.807, 2.05) is 0 Å². The van der Waals surface area contributed by atoms with Gasteiger partial charge in [0.1, 0.15) is 29.9 Å². The third-order valence-corrected chi connectivity index (χ3v) is 13.9. The quantitative estimate of drug-likeness (QED) is 0.156. The molecule has 0 unspecified atom stereocenters. The van der Waals surface area contributed by atoms with Crippen molar-refractivity contribution in [3.63, 3.8) is 0 Å². The van der Waals surface area contributed by atoms with E-state index in [0.717, 1.165) is 68.6 Å². The molecule has 1 aliphatic heterocycles. The number of allylic oxidation sites excluding steroid dienone is 1. The van der Waals surface area contributed by atoms with Gasteiger partial charge in [-0.05, 0) is 111 Å². The maximum absolute atomic E-state index is 11.8. The van der Waals surface area contributed by atoms with E-state index >= 15 is 0 Å². The van der Waals surface area contributed by atoms with Crippen LogP contribution >= 0.6 is 11.8 Å². The molecule has 1 amide bonds. The Balaban J connectivity index is 1.02. The molecule has 44 heavy (non-hydrogen) atoms. The largest absolute Gasteiger partial charge is 0.394 e. The Labute approximate surface area is 269 Å². The number of aliphatic hydroxyl groups excluding tert-OH is 4. The van der Waals surface area contributed by atoms with Gasteiger partial charge < -0.3 is 35.2 Å². The van der Waals surface area contributed by atoms with Crippen LogP contribution < -0.4 is 5.32 Å². The average molecular weight is 638 g/mol. The van der Waals surface area contributed by atoms with E-state index in [1.54, 1.807) is 12.5 Å². The molecular weight excluding hydrogens is 578 g/mol. The van der Waals surface area contributed by atoms with E-state index in [0.29, 0.717) is 22.9 Å². The van der Waals surface area contributed by atoms with Crippen LogP contribution in [0.2, 0.25) is 0 Å². The molecule has 0 radical (unpaired) electrons. The van der Waals surface area contributed by atoms with E-state index in [9.17, 15) is 25.2 Å². The Bertz CT molecular complexity index is 1010. The summed E-state index contributed by atoms with van der Waals surface area (Å²) in [5, 5.41) is 42.7. The topological polar surface area (TPSA) is 128 Å². The fourth-order valence-corrected chi connectivity index (χ4v) is 11.4. The normalized spacial score (nSPS) is 44.2. The first-order chi connectivity index (χ1) is 21.0. The second-order valence-electron chi connectivity index (χ2n) is 15.2. The van der Waals surface area contributed by atoms with Gasteiger partial charge in [0.05, 0.1) is 12.7 Å². The number of carbonyl (C=O) groups is 1. The summed E-state index contributed by atoms with van der Waals surface area (Å²) in [5.74, 6) is 3.78. The third-order valence-electron chi connectivity index (χ3n) is 12.7. The first-order valence-corrected chi connectivity index (χ1v) is 18.5. The van der Waals surface area contributed by atoms with Crippen LogP contribution in [0.4, 0.5) is 0 Å². The molecule has 4 aliphatic carbocycles. The fraction of sp³-hybridized carbons (Fsp3) is 0.914. The summed E-state index contributed by atoms with van der Waals surface area (Å²) in [7, 11) is 0. The minimum absolute atomic E-state index is 0.0965. The van der Waals surface area contributed by atoms with Gasteiger partial charge in [0.25, 0.3) is 0 Å². The molecule has 5 aliphatic rings. The SMILES string of the molecule is CC(=O)N[C@H](C)[C@H]1CC[C@H]2[C@@H]3CC=C4C[C@@H](OCCCCCCS[C@@H]5O[C@H](CO)[C@@H](O)[C@H](O)[C@@H]5O)CC[C@]4(C)[C@H]3CC[C@]12C. The van der Waals surface area contributed by atoms with Crippen molar-refractivity contribution in [3.8, 4) is 0 Å². The number of unbranched alkanes of at least 4 members (excludes halogenated alkanes) is 3. The zero-order valence-electron chi connectivity index (χ0n) is 27.5. The molecule has 13 atom stereocenters. The maximum Gasteiger partial charge on any atom is 0.217 e. The number of fused-ring (bicyclic) bond motifs is 5. The summed E-state index contributed by atoms with van der Waals surface area (Å²) in [6.45, 7) is 9.38. The van der Waals surface area contributed by atoms with Gasteiger partial charge in [0.15, 0.2) is 0 Å². The van der Waals surface area contributed by atoms with Crippen molar-refractivity contribution >= 4 is 17.7 Å². The van der Waals surface area contributed by atoms with E-state index in [1.165, 1.54) is 50.3 Å². The number of thioether (sulfide) groups is 1. The van der Waals surface area contributed by atoms with Gasteiger partial charge in [0.2, 0.25) is 5.91 Å². The highest BCUT2D eigenvalue weighted by molar-refractivity contribution is 7.99. The lowest BCUT2D eigenvalue weighted by atomic mass is 9.47. The molecule has 4 fully saturated rings. The van der Waals surface area contributed by atoms with Crippen LogP contribution in [-0.4, -0.2) is 87.3 Å². The van der Waals surface area contributed by atoms with Crippen molar-refractivity contribution in [2.75, 3.05) is 19.0 Å². The van der Waals surface area contributed by atoms with Gasteiger partial charge in [-0.3, -0.25) is 4.79 Å². The van der Waals surface area contributed by atoms with Crippen LogP contribution in [0.3, 0.4) is 0 Å². The monoisotopic (exact) mass is 637 g/mol. The van der Waals surface area contributed by atoms with Crippen LogP contribution in [0, 0.1) is 34.5 Å². The summed E-state index contributed by atoms with van der Waals surface area (Å²) < 4.78 is 12.0. The lowest BCUT2D eigenvalue weighted by Gasteiger charge is -2.58. The van der Waals surface area contributed by atoms with E-state index in [2.05, 4.69) is 32.2 Å². The van der Waals surface area contributed by atoms with Gasteiger partial charge in [-0.2, -0.15) is 0 Å². The Morgan fingerprint density at radius 2 is 1.82 bits per heavy atom. The van der Waals surface area contributed by atoms with Crippen molar-refractivity contribution in [2.45, 2.75) is 147 Å². The number of nitrogens with one attached hydrogen (secondary N) is 1. The Morgan fingerprint density at radius 1 is 1.05 bits per heavy atom. The highest BCUT2D eigenvalue weighted by Crippen LogP contribution is 2.66. The van der Waals surface area contributed by atoms with Gasteiger partial charge in [-0.1, -0.05) is 38.3 Å². The molecule has 0 aromatic carbocycles. The standard InChI is InChI=1S/C35H59NO7S/c1-21(36-22(2)38)26-11-12-27-25-10-9-23-19-24(13-15-34(23,3)28(25)14-16-35(26,27)4)42-17-7-5-6-8-18-44-33-32(41)31(40)30(39)29(20-37)43-33/h9,21,24-33,37,39-41H,5-8,10-20H2,1-4H3,(H,36,38)/t21-,24+,25+,26-,27+,28+,29-,30-,31+,32+,33+,34+,35-/m1/s1. The van der Waals surface area contributed by atoms with Crippen LogP contribution in [0.25, 0.3) is 0 Å². The number of aliphatic hydroxyl groups is 4. The van der Waals surface area contributed by atoms with E-state index in [-0.39, 0.29) is 18.6 Å². The lowest BCUT2D eigenvalue weighted by Crippen LogP contribution is -2.57. The lowest BCUT2D eigenvalue weighted by molar-refractivity contribution is -0.205. The molecule has 1 heterocycles. The molecule has 0 spiro atoms. The van der Waals surface area contributed by atoms with Crippen molar-refractivity contribution in [1.29, 1.82) is 0 Å².